The second-order valence-electron chi connectivity index (χ2n) is 11.4. The number of amides is 2. The summed E-state index contributed by atoms with van der Waals surface area (Å²) >= 11 is 0. The van der Waals surface area contributed by atoms with E-state index in [1.165, 1.54) is 17.7 Å². The van der Waals surface area contributed by atoms with Gasteiger partial charge in [0.05, 0.1) is 43.1 Å². The maximum atomic E-state index is 13.7. The predicted octanol–water partition coefficient (Wildman–Crippen LogP) is 3.32. The summed E-state index contributed by atoms with van der Waals surface area (Å²) in [5, 5.41) is 9.55. The second kappa shape index (κ2) is 14.4. The number of fused-ring (bicyclic) bond motifs is 4. The van der Waals surface area contributed by atoms with Crippen LogP contribution in [0.2, 0.25) is 0 Å². The van der Waals surface area contributed by atoms with Crippen molar-refractivity contribution in [2.45, 2.75) is 38.1 Å². The van der Waals surface area contributed by atoms with Gasteiger partial charge in [0.1, 0.15) is 12.2 Å². The van der Waals surface area contributed by atoms with Gasteiger partial charge in [-0.15, -0.1) is 0 Å². The molecule has 4 bridgehead atoms. The van der Waals surface area contributed by atoms with Crippen LogP contribution in [0.5, 0.6) is 0 Å². The van der Waals surface area contributed by atoms with Crippen molar-refractivity contribution < 1.29 is 32.2 Å². The smallest absolute Gasteiger partial charge is 0.381 e. The van der Waals surface area contributed by atoms with Crippen LogP contribution in [0, 0.1) is 17.8 Å². The van der Waals surface area contributed by atoms with E-state index in [2.05, 4.69) is 39.7 Å². The number of alkyl halides is 3. The molecule has 10 nitrogen and oxygen atoms in total. The first-order chi connectivity index (χ1) is 21.6. The lowest BCUT2D eigenvalue weighted by Crippen LogP contribution is -2.45. The molecule has 2 amide bonds. The molecule has 45 heavy (non-hydrogen) atoms. The third-order valence-electron chi connectivity index (χ3n) is 8.21. The second-order valence-corrected chi connectivity index (χ2v) is 11.4. The zero-order chi connectivity index (χ0) is 32.0. The molecule has 2 atom stereocenters. The number of ether oxygens (including phenoxy) is 2. The van der Waals surface area contributed by atoms with E-state index in [4.69, 9.17) is 9.47 Å². The monoisotopic (exact) mass is 628 g/mol. The van der Waals surface area contributed by atoms with Crippen LogP contribution < -0.4 is 16.0 Å². The summed E-state index contributed by atoms with van der Waals surface area (Å²) in [5.74, 6) is 5.11. The summed E-state index contributed by atoms with van der Waals surface area (Å²) in [6.07, 6.45) is -1.19. The van der Waals surface area contributed by atoms with E-state index in [1.807, 2.05) is 6.07 Å². The van der Waals surface area contributed by atoms with Gasteiger partial charge < -0.3 is 39.5 Å². The third-order valence-corrected chi connectivity index (χ3v) is 8.21. The molecule has 0 aliphatic carbocycles. The zero-order valence-corrected chi connectivity index (χ0v) is 25.5. The number of benzene rings is 1. The van der Waals surface area contributed by atoms with Gasteiger partial charge >= 0.3 is 6.18 Å². The molecule has 242 valence electrons. The van der Waals surface area contributed by atoms with Crippen molar-refractivity contribution in [1.29, 1.82) is 0 Å². The molecule has 1 saturated heterocycles. The Morgan fingerprint density at radius 2 is 1.91 bits per heavy atom. The lowest BCUT2D eigenvalue weighted by Gasteiger charge is -2.38. The van der Waals surface area contributed by atoms with Crippen molar-refractivity contribution in [3.63, 3.8) is 0 Å². The van der Waals surface area contributed by atoms with Gasteiger partial charge in [0, 0.05) is 50.1 Å². The lowest BCUT2D eigenvalue weighted by atomic mass is 9.89. The molecule has 1 fully saturated rings. The third kappa shape index (κ3) is 8.19. The number of likely N-dealkylation sites (tertiary alicyclic amines) is 1. The molecular formula is C32H39F3N6O4. The number of halogens is 3. The van der Waals surface area contributed by atoms with E-state index in [9.17, 15) is 22.8 Å². The van der Waals surface area contributed by atoms with E-state index < -0.39 is 18.6 Å². The summed E-state index contributed by atoms with van der Waals surface area (Å²) in [7, 11) is 3.59. The fourth-order valence-electron chi connectivity index (χ4n) is 5.98. The average Bonchev–Trinajstić information content (AvgIpc) is 3.58. The number of hydrogen-bond acceptors (Lipinski definition) is 6. The number of nitrogens with zero attached hydrogens (tertiary/aromatic N) is 3. The van der Waals surface area contributed by atoms with Crippen LogP contribution in [0.25, 0.3) is 10.9 Å². The normalized spacial score (nSPS) is 20.9. The number of hydrogen-bond donors (Lipinski definition) is 3. The molecule has 0 spiro atoms. The van der Waals surface area contributed by atoms with Gasteiger partial charge in [0.2, 0.25) is 0 Å². The summed E-state index contributed by atoms with van der Waals surface area (Å²) in [4.78, 5) is 27.6. The highest BCUT2D eigenvalue weighted by Crippen LogP contribution is 2.32. The van der Waals surface area contributed by atoms with Crippen LogP contribution in [-0.2, 0) is 22.6 Å². The Balaban J connectivity index is 1.46. The molecule has 3 aromatic rings. The van der Waals surface area contributed by atoms with Gasteiger partial charge in [-0.1, -0.05) is 12.0 Å². The molecule has 2 aliphatic heterocycles. The molecule has 13 heteroatoms. The highest BCUT2D eigenvalue weighted by molar-refractivity contribution is 5.99. The van der Waals surface area contributed by atoms with Crippen LogP contribution in [0.15, 0.2) is 36.5 Å². The average molecular weight is 629 g/mol. The first-order valence-electron chi connectivity index (χ1n) is 15.1. The molecule has 2 aromatic heterocycles. The minimum Gasteiger partial charge on any atom is -0.381 e. The maximum absolute atomic E-state index is 13.7. The van der Waals surface area contributed by atoms with Gasteiger partial charge in [0.25, 0.3) is 11.8 Å². The number of nitrogens with one attached hydrogen (secondary N) is 3. The van der Waals surface area contributed by atoms with Crippen LogP contribution in [0.1, 0.15) is 39.4 Å². The zero-order valence-electron chi connectivity index (χ0n) is 25.5. The van der Waals surface area contributed by atoms with Gasteiger partial charge in [-0.05, 0) is 62.5 Å². The SMILES string of the molecule is CNC(=O)c1cc2cn1CCOCCOCCC1CN(C)CCC1Nc1cccc3c1cc(n3CC(F)(F)F)C#CCNC2=O. The summed E-state index contributed by atoms with van der Waals surface area (Å²) in [5.41, 5.74) is 1.94. The highest BCUT2D eigenvalue weighted by Gasteiger charge is 2.31. The molecule has 2 unspecified atom stereocenters. The standard InChI is InChI=1S/C32H39F3N6O4/c1-36-31(43)29-17-23-20-40(29)12-14-45-16-15-44-13-9-22-19-39(2)11-8-26(22)38-27-6-3-7-28-25(27)18-24(5-4-10-37-30(23)42)41(28)21-32(33,34)35/h3,6-7,17-18,20,22,26,38H,8-16,19,21H2,1-2H3,(H,36,43)(H,37,42). The molecule has 3 N–H and O–H groups in total. The summed E-state index contributed by atoms with van der Waals surface area (Å²) in [6, 6.07) is 8.59. The molecule has 1 aromatic carbocycles. The van der Waals surface area contributed by atoms with Crippen LogP contribution >= 0.6 is 0 Å². The van der Waals surface area contributed by atoms with Crippen LogP contribution in [-0.4, -0.2) is 98.2 Å². The van der Waals surface area contributed by atoms with E-state index in [-0.39, 0.29) is 35.7 Å². The summed E-state index contributed by atoms with van der Waals surface area (Å²) in [6.45, 7) is 2.50. The number of anilines is 1. The fourth-order valence-corrected chi connectivity index (χ4v) is 5.98. The maximum Gasteiger partial charge on any atom is 0.406 e. The van der Waals surface area contributed by atoms with Crippen molar-refractivity contribution >= 4 is 28.4 Å². The Kier molecular flexibility index (Phi) is 10.4. The van der Waals surface area contributed by atoms with Crippen molar-refractivity contribution in [3.8, 4) is 11.8 Å². The van der Waals surface area contributed by atoms with Gasteiger partial charge in [0.15, 0.2) is 0 Å². The molecule has 0 radical (unpaired) electrons. The van der Waals surface area contributed by atoms with Crippen molar-refractivity contribution in [3.05, 3.63) is 53.5 Å². The first-order valence-corrected chi connectivity index (χ1v) is 15.1. The predicted molar refractivity (Wildman–Crippen MR) is 164 cm³/mol. The Morgan fingerprint density at radius 3 is 2.69 bits per heavy atom. The largest absolute Gasteiger partial charge is 0.406 e. The van der Waals surface area contributed by atoms with E-state index in [0.29, 0.717) is 49.6 Å². The first kappa shape index (κ1) is 32.4. The van der Waals surface area contributed by atoms with Crippen molar-refractivity contribution in [2.75, 3.05) is 65.5 Å². The summed E-state index contributed by atoms with van der Waals surface area (Å²) < 4.78 is 55.5. The van der Waals surface area contributed by atoms with Crippen molar-refractivity contribution in [2.24, 2.45) is 5.92 Å². The highest BCUT2D eigenvalue weighted by atomic mass is 19.4. The molecule has 2 aliphatic rings. The minimum absolute atomic E-state index is 0.0989. The number of carbonyl (C=O) groups is 2. The number of piperidine rings is 1. The Hall–Kier alpha value is -3.99. The topological polar surface area (TPSA) is 102 Å². The van der Waals surface area contributed by atoms with Crippen molar-refractivity contribution in [1.82, 2.24) is 24.7 Å². The van der Waals surface area contributed by atoms with E-state index in [1.54, 1.807) is 29.0 Å². The van der Waals surface area contributed by atoms with Gasteiger partial charge in [-0.25, -0.2) is 0 Å². The van der Waals surface area contributed by atoms with Crippen LogP contribution in [0.3, 0.4) is 0 Å². The van der Waals surface area contributed by atoms with Gasteiger partial charge in [-0.2, -0.15) is 13.2 Å². The fraction of sp³-hybridized carbons (Fsp3) is 0.500. The number of rotatable bonds is 2. The Bertz CT molecular complexity index is 1570. The Morgan fingerprint density at radius 1 is 1.11 bits per heavy atom. The number of carbonyl (C=O) groups excluding carboxylic acids is 2. The van der Waals surface area contributed by atoms with Gasteiger partial charge in [-0.3, -0.25) is 9.59 Å². The quantitative estimate of drug-likeness (QED) is 0.377. The molecule has 5 rings (SSSR count). The minimum atomic E-state index is -4.46. The lowest BCUT2D eigenvalue weighted by molar-refractivity contribution is -0.140. The molecule has 0 saturated carbocycles. The molecular weight excluding hydrogens is 589 g/mol. The van der Waals surface area contributed by atoms with E-state index in [0.717, 1.165) is 31.6 Å². The van der Waals surface area contributed by atoms with Crippen LogP contribution in [0.4, 0.5) is 18.9 Å². The molecule has 4 heterocycles. The Labute approximate surface area is 260 Å². The van der Waals surface area contributed by atoms with E-state index >= 15 is 0 Å². The number of aromatic nitrogens is 2.